The fourth-order valence-corrected chi connectivity index (χ4v) is 4.12. The Morgan fingerprint density at radius 1 is 1.33 bits per heavy atom. The van der Waals surface area contributed by atoms with Gasteiger partial charge in [-0.3, -0.25) is 4.79 Å². The Labute approximate surface area is 139 Å². The normalized spacial score (nSPS) is 33.2. The molecule has 8 heteroatoms. The summed E-state index contributed by atoms with van der Waals surface area (Å²) in [5, 5.41) is 7.19. The number of aromatic nitrogens is 3. The van der Waals surface area contributed by atoms with Gasteiger partial charge in [-0.05, 0) is 37.5 Å². The minimum absolute atomic E-state index is 0.0298. The summed E-state index contributed by atoms with van der Waals surface area (Å²) in [6.45, 7) is 3.58. The number of rotatable bonds is 3. The third kappa shape index (κ3) is 2.75. The van der Waals surface area contributed by atoms with Gasteiger partial charge in [0.25, 0.3) is 6.43 Å². The maximum Gasteiger partial charge on any atom is 0.260 e. The monoisotopic (exact) mass is 339 g/mol. The Morgan fingerprint density at radius 2 is 2.04 bits per heavy atom. The number of alkyl halides is 2. The van der Waals surface area contributed by atoms with E-state index >= 15 is 0 Å². The zero-order chi connectivity index (χ0) is 16.8. The molecule has 2 fully saturated rings. The van der Waals surface area contributed by atoms with Crippen molar-refractivity contribution >= 4 is 11.9 Å². The number of hydrogen-bond donors (Lipinski definition) is 1. The van der Waals surface area contributed by atoms with Gasteiger partial charge in [-0.15, -0.1) is 0 Å². The number of carbonyl (C=O) groups is 1. The Bertz CT molecular complexity index is 613. The van der Waals surface area contributed by atoms with Crippen molar-refractivity contribution in [1.82, 2.24) is 19.7 Å². The molecule has 1 aliphatic carbocycles. The van der Waals surface area contributed by atoms with Crippen LogP contribution in [0.5, 0.6) is 0 Å². The Morgan fingerprint density at radius 3 is 2.67 bits per heavy atom. The van der Waals surface area contributed by atoms with E-state index in [0.717, 1.165) is 32.4 Å². The predicted molar refractivity (Wildman–Crippen MR) is 83.7 cm³/mol. The Kier molecular flexibility index (Phi) is 3.92. The highest BCUT2D eigenvalue weighted by atomic mass is 19.3. The summed E-state index contributed by atoms with van der Waals surface area (Å²) in [5.41, 5.74) is 0. The van der Waals surface area contributed by atoms with Gasteiger partial charge in [-0.1, -0.05) is 6.92 Å². The van der Waals surface area contributed by atoms with Crippen LogP contribution >= 0.6 is 0 Å². The zero-order valence-electron chi connectivity index (χ0n) is 13.7. The topological polar surface area (TPSA) is 63.1 Å². The van der Waals surface area contributed by atoms with Crippen LogP contribution in [0, 0.1) is 17.8 Å². The maximum atomic E-state index is 13.3. The molecule has 6 nitrogen and oxygen atoms in total. The highest BCUT2D eigenvalue weighted by Crippen LogP contribution is 2.40. The van der Waals surface area contributed by atoms with Crippen molar-refractivity contribution in [3.05, 3.63) is 6.33 Å². The fraction of sp³-hybridized carbons (Fsp3) is 0.812. The van der Waals surface area contributed by atoms with E-state index in [1.54, 1.807) is 0 Å². The molecule has 4 rings (SSSR count). The fourth-order valence-electron chi connectivity index (χ4n) is 4.12. The van der Waals surface area contributed by atoms with E-state index in [-0.39, 0.29) is 23.8 Å². The van der Waals surface area contributed by atoms with Crippen LogP contribution < -0.4 is 5.32 Å². The second kappa shape index (κ2) is 5.97. The summed E-state index contributed by atoms with van der Waals surface area (Å²) in [4.78, 5) is 18.3. The van der Waals surface area contributed by atoms with E-state index in [2.05, 4.69) is 22.3 Å². The molecule has 1 aromatic heterocycles. The third-order valence-electron chi connectivity index (χ3n) is 5.83. The molecule has 0 spiro atoms. The number of nitrogens with one attached hydrogen (secondary N) is 1. The van der Waals surface area contributed by atoms with Crippen LogP contribution in [-0.4, -0.2) is 51.1 Å². The number of halogens is 2. The summed E-state index contributed by atoms with van der Waals surface area (Å²) in [6.07, 6.45) is 1.94. The van der Waals surface area contributed by atoms with Crippen molar-refractivity contribution in [2.75, 3.05) is 18.4 Å². The van der Waals surface area contributed by atoms with Crippen LogP contribution in [0.1, 0.15) is 38.6 Å². The lowest BCUT2D eigenvalue weighted by Crippen LogP contribution is -2.46. The first-order valence-corrected chi connectivity index (χ1v) is 8.77. The van der Waals surface area contributed by atoms with Gasteiger partial charge in [-0.2, -0.15) is 10.1 Å². The molecule has 0 bridgehead atoms. The van der Waals surface area contributed by atoms with Crippen molar-refractivity contribution in [3.8, 4) is 0 Å². The molecule has 0 radical (unpaired) electrons. The first kappa shape index (κ1) is 15.8. The first-order chi connectivity index (χ1) is 11.5. The lowest BCUT2D eigenvalue weighted by Gasteiger charge is -2.40. The summed E-state index contributed by atoms with van der Waals surface area (Å²) in [7, 11) is 0. The van der Waals surface area contributed by atoms with Gasteiger partial charge in [0.05, 0.1) is 0 Å². The average Bonchev–Trinajstić information content (AvgIpc) is 3.12. The summed E-state index contributed by atoms with van der Waals surface area (Å²) < 4.78 is 28.0. The van der Waals surface area contributed by atoms with Crippen molar-refractivity contribution < 1.29 is 13.6 Å². The quantitative estimate of drug-likeness (QED) is 0.917. The lowest BCUT2D eigenvalue weighted by atomic mass is 9.85. The second-order valence-corrected chi connectivity index (χ2v) is 7.40. The zero-order valence-corrected chi connectivity index (χ0v) is 13.7. The molecule has 24 heavy (non-hydrogen) atoms. The molecule has 1 saturated heterocycles. The van der Waals surface area contributed by atoms with Crippen LogP contribution in [0.2, 0.25) is 0 Å². The molecule has 3 heterocycles. The largest absolute Gasteiger partial charge is 0.351 e. The highest BCUT2D eigenvalue weighted by Gasteiger charge is 2.43. The molecule has 1 aromatic rings. The first-order valence-electron chi connectivity index (χ1n) is 8.77. The number of nitrogens with zero attached hydrogens (tertiary/aromatic N) is 4. The molecule has 132 valence electrons. The Hall–Kier alpha value is -1.73. The van der Waals surface area contributed by atoms with E-state index in [4.69, 9.17) is 0 Å². The average molecular weight is 339 g/mol. The molecule has 4 atom stereocenters. The van der Waals surface area contributed by atoms with Crippen molar-refractivity contribution in [2.24, 2.45) is 17.8 Å². The van der Waals surface area contributed by atoms with Crippen LogP contribution in [-0.2, 0) is 4.79 Å². The molecule has 3 aliphatic rings. The van der Waals surface area contributed by atoms with Gasteiger partial charge in [0.2, 0.25) is 11.9 Å². The van der Waals surface area contributed by atoms with Gasteiger partial charge in [0.1, 0.15) is 12.4 Å². The third-order valence-corrected chi connectivity index (χ3v) is 5.83. The van der Waals surface area contributed by atoms with Crippen LogP contribution in [0.15, 0.2) is 6.33 Å². The number of piperidine rings is 1. The standard InChI is InChI=1S/C16H23F2N5O/c1-9-6-11(9)15(24)22-4-2-10(3-5-22)12-7-13(14(17)18)23-16(21-12)19-8-20-23/h8-14H,2-7H2,1H3,(H,19,20,21)/t9-,11-,12+,13-/m1/s1. The molecule has 1 saturated carbocycles. The number of fused-ring (bicyclic) bond motifs is 1. The number of amides is 1. The highest BCUT2D eigenvalue weighted by molar-refractivity contribution is 5.81. The number of carbonyl (C=O) groups excluding carboxylic acids is 1. The molecule has 2 aliphatic heterocycles. The predicted octanol–water partition coefficient (Wildman–Crippen LogP) is 2.16. The van der Waals surface area contributed by atoms with E-state index in [1.807, 2.05) is 4.90 Å². The Balaban J connectivity index is 1.38. The van der Waals surface area contributed by atoms with Crippen molar-refractivity contribution in [2.45, 2.75) is 51.1 Å². The number of likely N-dealkylation sites (tertiary alicyclic amines) is 1. The molecular weight excluding hydrogens is 316 g/mol. The maximum absolute atomic E-state index is 13.3. The lowest BCUT2D eigenvalue weighted by molar-refractivity contribution is -0.134. The van der Waals surface area contributed by atoms with Crippen LogP contribution in [0.4, 0.5) is 14.7 Å². The molecule has 0 unspecified atom stereocenters. The van der Waals surface area contributed by atoms with E-state index in [1.165, 1.54) is 11.0 Å². The van der Waals surface area contributed by atoms with E-state index in [9.17, 15) is 13.6 Å². The summed E-state index contributed by atoms with van der Waals surface area (Å²) in [5.74, 6) is 1.74. The summed E-state index contributed by atoms with van der Waals surface area (Å²) in [6, 6.07) is -0.946. The van der Waals surface area contributed by atoms with Gasteiger partial charge >= 0.3 is 0 Å². The SMILES string of the molecule is C[C@@H]1C[C@H]1C(=O)N1CCC([C@@H]2C[C@H](C(F)F)n3ncnc3N2)CC1. The van der Waals surface area contributed by atoms with Crippen molar-refractivity contribution in [1.29, 1.82) is 0 Å². The van der Waals surface area contributed by atoms with Crippen molar-refractivity contribution in [3.63, 3.8) is 0 Å². The van der Waals surface area contributed by atoms with Gasteiger partial charge in [0, 0.05) is 25.0 Å². The summed E-state index contributed by atoms with van der Waals surface area (Å²) >= 11 is 0. The minimum atomic E-state index is -2.45. The minimum Gasteiger partial charge on any atom is -0.351 e. The van der Waals surface area contributed by atoms with E-state index < -0.39 is 12.5 Å². The van der Waals surface area contributed by atoms with Gasteiger partial charge < -0.3 is 10.2 Å². The number of hydrogen-bond acceptors (Lipinski definition) is 4. The van der Waals surface area contributed by atoms with Gasteiger partial charge in [0.15, 0.2) is 0 Å². The second-order valence-electron chi connectivity index (χ2n) is 7.40. The smallest absolute Gasteiger partial charge is 0.260 e. The van der Waals surface area contributed by atoms with E-state index in [0.29, 0.717) is 18.3 Å². The number of anilines is 1. The van der Waals surface area contributed by atoms with Crippen LogP contribution in [0.3, 0.4) is 0 Å². The molecule has 1 amide bonds. The molecule has 1 N–H and O–H groups in total. The molecular formula is C16H23F2N5O. The van der Waals surface area contributed by atoms with Crippen LogP contribution in [0.25, 0.3) is 0 Å². The van der Waals surface area contributed by atoms with Gasteiger partial charge in [-0.25, -0.2) is 13.5 Å². The molecule has 0 aromatic carbocycles.